The van der Waals surface area contributed by atoms with E-state index >= 15 is 0 Å². The fourth-order valence-electron chi connectivity index (χ4n) is 8.86. The highest BCUT2D eigenvalue weighted by Gasteiger charge is 2.67. The molecule has 0 spiro atoms. The molecular weight excluding hydrogens is 406 g/mol. The molecule has 0 bridgehead atoms. The average Bonchev–Trinajstić information content (AvgIpc) is 3.28. The molecule has 4 nitrogen and oxygen atoms in total. The summed E-state index contributed by atoms with van der Waals surface area (Å²) in [4.78, 5) is 11.7. The van der Waals surface area contributed by atoms with Crippen molar-refractivity contribution in [3.05, 3.63) is 11.6 Å². The summed E-state index contributed by atoms with van der Waals surface area (Å²) >= 11 is 2.16. The van der Waals surface area contributed by atoms with Gasteiger partial charge in [-0.2, -0.15) is 11.8 Å². The molecule has 4 fully saturated rings. The molecule has 8 atom stereocenters. The van der Waals surface area contributed by atoms with Gasteiger partial charge >= 0.3 is 5.97 Å². The Bertz CT molecular complexity index is 755. The molecule has 3 N–H and O–H groups in total. The van der Waals surface area contributed by atoms with E-state index in [0.717, 1.165) is 49.0 Å². The van der Waals surface area contributed by atoms with Crippen molar-refractivity contribution in [2.75, 3.05) is 18.9 Å². The number of cyclic esters (lactones) is 1. The maximum absolute atomic E-state index is 12.3. The smallest absolute Gasteiger partial charge is 0.331 e. The largest absolute Gasteiger partial charge is 0.458 e. The van der Waals surface area contributed by atoms with Gasteiger partial charge in [0, 0.05) is 16.7 Å². The molecule has 1 heterocycles. The molecule has 31 heavy (non-hydrogen) atoms. The third-order valence-corrected chi connectivity index (χ3v) is 12.1. The molecule has 4 aliphatic carbocycles. The first-order chi connectivity index (χ1) is 14.8. The van der Waals surface area contributed by atoms with Crippen molar-refractivity contribution >= 4 is 17.7 Å². The van der Waals surface area contributed by atoms with Crippen LogP contribution in [0.15, 0.2) is 11.6 Å². The summed E-state index contributed by atoms with van der Waals surface area (Å²) in [6.45, 7) is 6.13. The number of carbonyl (C=O) groups is 1. The van der Waals surface area contributed by atoms with Gasteiger partial charge in [-0.25, -0.2) is 4.79 Å². The van der Waals surface area contributed by atoms with Crippen LogP contribution in [0.1, 0.15) is 78.1 Å². The van der Waals surface area contributed by atoms with Gasteiger partial charge in [-0.05, 0) is 111 Å². The molecule has 0 aromatic heterocycles. The highest BCUT2D eigenvalue weighted by atomic mass is 32.2. The molecule has 0 saturated heterocycles. The highest BCUT2D eigenvalue weighted by molar-refractivity contribution is 7.99. The van der Waals surface area contributed by atoms with Crippen molar-refractivity contribution in [3.8, 4) is 0 Å². The summed E-state index contributed by atoms with van der Waals surface area (Å²) < 4.78 is 5.25. The van der Waals surface area contributed by atoms with Crippen LogP contribution in [0.25, 0.3) is 0 Å². The quantitative estimate of drug-likeness (QED) is 0.472. The monoisotopic (exact) mass is 447 g/mol. The van der Waals surface area contributed by atoms with Gasteiger partial charge < -0.3 is 15.6 Å². The molecule has 0 aromatic carbocycles. The van der Waals surface area contributed by atoms with Crippen LogP contribution in [0.5, 0.6) is 0 Å². The van der Waals surface area contributed by atoms with Gasteiger partial charge in [-0.15, -0.1) is 0 Å². The second kappa shape index (κ2) is 8.06. The number of hydrogen-bond donors (Lipinski definition) is 2. The summed E-state index contributed by atoms with van der Waals surface area (Å²) in [7, 11) is 0. The summed E-state index contributed by atoms with van der Waals surface area (Å²) in [6.07, 6.45) is 13.5. The molecule has 1 aliphatic heterocycles. The fraction of sp³-hybridized carbons (Fsp3) is 0.885. The van der Waals surface area contributed by atoms with E-state index in [9.17, 15) is 9.90 Å². The molecule has 0 amide bonds. The molecule has 5 rings (SSSR count). The predicted molar refractivity (Wildman–Crippen MR) is 126 cm³/mol. The fourth-order valence-corrected chi connectivity index (χ4v) is 10.2. The Morgan fingerprint density at radius 2 is 1.97 bits per heavy atom. The predicted octanol–water partition coefficient (Wildman–Crippen LogP) is 4.69. The highest BCUT2D eigenvalue weighted by Crippen LogP contribution is 2.70. The van der Waals surface area contributed by atoms with Crippen LogP contribution in [0.2, 0.25) is 0 Å². The van der Waals surface area contributed by atoms with Crippen molar-refractivity contribution in [3.63, 3.8) is 0 Å². The SMILES string of the molecule is C[C@]12CC[C@H](SCCCN)C[C@H]1CCC1C2CC[C@]2(C)[C@@H](C3=CC(=O)OC3)CC[C@]12O. The van der Waals surface area contributed by atoms with E-state index in [2.05, 4.69) is 25.6 Å². The zero-order chi connectivity index (χ0) is 21.9. The van der Waals surface area contributed by atoms with Crippen LogP contribution >= 0.6 is 11.8 Å². The summed E-state index contributed by atoms with van der Waals surface area (Å²) in [6, 6.07) is 0. The van der Waals surface area contributed by atoms with Crippen LogP contribution in [-0.2, 0) is 9.53 Å². The van der Waals surface area contributed by atoms with Gasteiger partial charge in [-0.3, -0.25) is 0 Å². The first kappa shape index (κ1) is 22.3. The number of carbonyl (C=O) groups excluding carboxylic acids is 1. The number of thioether (sulfide) groups is 1. The van der Waals surface area contributed by atoms with E-state index < -0.39 is 5.60 Å². The number of fused-ring (bicyclic) bond motifs is 5. The lowest BCUT2D eigenvalue weighted by atomic mass is 9.43. The molecule has 174 valence electrons. The summed E-state index contributed by atoms with van der Waals surface area (Å²) in [5, 5.41) is 13.1. The Morgan fingerprint density at radius 3 is 2.71 bits per heavy atom. The minimum absolute atomic E-state index is 0.119. The Kier molecular flexibility index (Phi) is 5.79. The number of hydrogen-bond acceptors (Lipinski definition) is 5. The molecule has 2 unspecified atom stereocenters. The first-order valence-electron chi connectivity index (χ1n) is 12.7. The lowest BCUT2D eigenvalue weighted by Crippen LogP contribution is -2.62. The van der Waals surface area contributed by atoms with E-state index in [1.807, 2.05) is 0 Å². The molecule has 4 saturated carbocycles. The summed E-state index contributed by atoms with van der Waals surface area (Å²) in [5.41, 5.74) is 6.51. The third kappa shape index (κ3) is 3.35. The van der Waals surface area contributed by atoms with Crippen LogP contribution in [0.3, 0.4) is 0 Å². The normalized spacial score (nSPS) is 49.1. The van der Waals surface area contributed by atoms with Crippen molar-refractivity contribution in [1.29, 1.82) is 0 Å². The van der Waals surface area contributed by atoms with Crippen molar-refractivity contribution < 1.29 is 14.6 Å². The van der Waals surface area contributed by atoms with E-state index in [0.29, 0.717) is 29.8 Å². The number of ether oxygens (including phenoxy) is 1. The molecule has 0 aromatic rings. The Balaban J connectivity index is 1.34. The molecule has 5 heteroatoms. The van der Waals surface area contributed by atoms with Gasteiger partial charge in [0.15, 0.2) is 0 Å². The Hall–Kier alpha value is -0.520. The maximum Gasteiger partial charge on any atom is 0.331 e. The third-order valence-electron chi connectivity index (χ3n) is 10.6. The van der Waals surface area contributed by atoms with Crippen molar-refractivity contribution in [2.45, 2.75) is 88.9 Å². The van der Waals surface area contributed by atoms with Gasteiger partial charge in [0.2, 0.25) is 0 Å². The van der Waals surface area contributed by atoms with Gasteiger partial charge in [0.1, 0.15) is 6.61 Å². The summed E-state index contributed by atoms with van der Waals surface area (Å²) in [5.74, 6) is 3.18. The standard InChI is InChI=1S/C26H41NO3S/c1-24-9-6-19(31-13-3-12-27)15-18(24)4-5-22-21(24)7-10-25(2)20(8-11-26(22,25)29)17-14-23(28)30-16-17/h14,18-22,29H,3-13,15-16,27H2,1-2H3/t18-,19+,20-,21?,22?,24+,25-,26+/m1/s1. The van der Waals surface area contributed by atoms with E-state index in [-0.39, 0.29) is 11.4 Å². The van der Waals surface area contributed by atoms with Crippen LogP contribution in [0, 0.1) is 34.5 Å². The van der Waals surface area contributed by atoms with Gasteiger partial charge in [0.05, 0.1) is 5.60 Å². The van der Waals surface area contributed by atoms with E-state index in [1.165, 1.54) is 44.3 Å². The van der Waals surface area contributed by atoms with Crippen LogP contribution in [0.4, 0.5) is 0 Å². The van der Waals surface area contributed by atoms with Crippen LogP contribution in [-0.4, -0.2) is 40.8 Å². The second-order valence-electron chi connectivity index (χ2n) is 11.7. The number of esters is 1. The average molecular weight is 448 g/mol. The molecule has 5 aliphatic rings. The van der Waals surface area contributed by atoms with Gasteiger partial charge in [0.25, 0.3) is 0 Å². The van der Waals surface area contributed by atoms with E-state index in [4.69, 9.17) is 10.5 Å². The maximum atomic E-state index is 12.3. The number of rotatable bonds is 5. The molecule has 0 radical (unpaired) electrons. The molecular formula is C26H41NO3S. The topological polar surface area (TPSA) is 72.6 Å². The van der Waals surface area contributed by atoms with Gasteiger partial charge in [-0.1, -0.05) is 13.8 Å². The lowest BCUT2D eigenvalue weighted by molar-refractivity contribution is -0.203. The second-order valence-corrected chi connectivity index (χ2v) is 13.1. The van der Waals surface area contributed by atoms with Crippen molar-refractivity contribution in [2.24, 2.45) is 40.2 Å². The number of nitrogens with two attached hydrogens (primary N) is 1. The van der Waals surface area contributed by atoms with E-state index in [1.54, 1.807) is 6.08 Å². The minimum Gasteiger partial charge on any atom is -0.458 e. The minimum atomic E-state index is -0.590. The lowest BCUT2D eigenvalue weighted by Gasteiger charge is -2.64. The Morgan fingerprint density at radius 1 is 1.13 bits per heavy atom. The first-order valence-corrected chi connectivity index (χ1v) is 13.8. The van der Waals surface area contributed by atoms with Crippen molar-refractivity contribution in [1.82, 2.24) is 0 Å². The Labute approximate surface area is 192 Å². The zero-order valence-electron chi connectivity index (χ0n) is 19.4. The number of aliphatic hydroxyl groups is 1. The zero-order valence-corrected chi connectivity index (χ0v) is 20.2. The van der Waals surface area contributed by atoms with Crippen LogP contribution < -0.4 is 5.73 Å².